The maximum Gasteiger partial charge on any atom is 0.243 e. The fourth-order valence-corrected chi connectivity index (χ4v) is 3.45. The van der Waals surface area contributed by atoms with Crippen molar-refractivity contribution in [1.29, 1.82) is 0 Å². The van der Waals surface area contributed by atoms with Gasteiger partial charge in [0, 0.05) is 57.0 Å². The summed E-state index contributed by atoms with van der Waals surface area (Å²) in [5.41, 5.74) is 0. The minimum absolute atomic E-state index is 0. The Hall–Kier alpha value is -1.04. The summed E-state index contributed by atoms with van der Waals surface area (Å²) in [6, 6.07) is 10.3. The third-order valence-electron chi connectivity index (χ3n) is 4.41. The summed E-state index contributed by atoms with van der Waals surface area (Å²) in [5.74, 6) is 2.10. The number of benzene rings is 1. The highest BCUT2D eigenvalue weighted by Crippen LogP contribution is 2.15. The van der Waals surface area contributed by atoms with Crippen molar-refractivity contribution in [3.05, 3.63) is 30.3 Å². The summed E-state index contributed by atoms with van der Waals surface area (Å²) in [7, 11) is 3.48. The average Bonchev–Trinajstić information content (AvgIpc) is 3.25. The number of amides is 1. The van der Waals surface area contributed by atoms with Crippen LogP contribution in [-0.4, -0.2) is 82.7 Å². The first-order valence-electron chi connectivity index (χ1n) is 10.2. The number of aliphatic imine (C=N–C) groups is 1. The van der Waals surface area contributed by atoms with Crippen molar-refractivity contribution in [2.75, 3.05) is 65.9 Å². The van der Waals surface area contributed by atoms with Gasteiger partial charge < -0.3 is 25.0 Å². The number of halogens is 1. The van der Waals surface area contributed by atoms with Gasteiger partial charge in [-0.25, -0.2) is 4.99 Å². The van der Waals surface area contributed by atoms with Gasteiger partial charge in [-0.1, -0.05) is 18.2 Å². The van der Waals surface area contributed by atoms with Crippen molar-refractivity contribution < 1.29 is 14.3 Å². The van der Waals surface area contributed by atoms with Crippen LogP contribution in [0.2, 0.25) is 0 Å². The first-order valence-corrected chi connectivity index (χ1v) is 11.2. The highest BCUT2D eigenvalue weighted by molar-refractivity contribution is 14.0. The van der Waals surface area contributed by atoms with Crippen LogP contribution in [-0.2, 0) is 14.3 Å². The van der Waals surface area contributed by atoms with E-state index < -0.39 is 0 Å². The van der Waals surface area contributed by atoms with Gasteiger partial charge in [-0.15, -0.1) is 35.7 Å². The zero-order valence-corrected chi connectivity index (χ0v) is 21.1. The molecule has 0 spiro atoms. The highest BCUT2D eigenvalue weighted by atomic mass is 127. The molecule has 1 aromatic carbocycles. The Labute approximate surface area is 201 Å². The molecule has 2 rings (SSSR count). The molecule has 1 aliphatic heterocycles. The molecule has 1 aliphatic rings. The molecule has 0 aromatic heterocycles. The molecule has 1 aromatic rings. The third kappa shape index (κ3) is 12.0. The molecule has 7 nitrogen and oxygen atoms in total. The number of ether oxygens (including phenoxy) is 2. The lowest BCUT2D eigenvalue weighted by Gasteiger charge is -2.14. The normalized spacial score (nSPS) is 16.1. The smallest absolute Gasteiger partial charge is 0.243 e. The number of thioether (sulfide) groups is 1. The summed E-state index contributed by atoms with van der Waals surface area (Å²) in [5, 5.41) is 6.61. The third-order valence-corrected chi connectivity index (χ3v) is 5.43. The number of hydrogen-bond acceptors (Lipinski definition) is 5. The number of carbonyl (C=O) groups excluding carboxylic acids is 1. The van der Waals surface area contributed by atoms with E-state index in [0.717, 1.165) is 51.5 Å². The molecule has 0 radical (unpaired) electrons. The van der Waals surface area contributed by atoms with Crippen molar-refractivity contribution >= 4 is 47.6 Å². The topological polar surface area (TPSA) is 75.2 Å². The Kier molecular flexibility index (Phi) is 15.0. The predicted octanol–water partition coefficient (Wildman–Crippen LogP) is 2.46. The van der Waals surface area contributed by atoms with E-state index >= 15 is 0 Å². The molecule has 30 heavy (non-hydrogen) atoms. The van der Waals surface area contributed by atoms with Crippen LogP contribution in [0.3, 0.4) is 0 Å². The Morgan fingerprint density at radius 1 is 1.27 bits per heavy atom. The summed E-state index contributed by atoms with van der Waals surface area (Å²) < 4.78 is 11.1. The fraction of sp³-hybridized carbons (Fsp3) is 0.619. The number of guanidine groups is 1. The van der Waals surface area contributed by atoms with Crippen LogP contribution < -0.4 is 10.6 Å². The summed E-state index contributed by atoms with van der Waals surface area (Å²) in [4.78, 5) is 19.0. The van der Waals surface area contributed by atoms with E-state index in [9.17, 15) is 4.79 Å². The van der Waals surface area contributed by atoms with E-state index in [0.29, 0.717) is 18.5 Å². The monoisotopic (exact) mass is 550 g/mol. The molecule has 1 unspecified atom stereocenters. The maximum atomic E-state index is 11.8. The van der Waals surface area contributed by atoms with Crippen LogP contribution in [0.5, 0.6) is 0 Å². The molecule has 9 heteroatoms. The second-order valence-electron chi connectivity index (χ2n) is 7.13. The van der Waals surface area contributed by atoms with Gasteiger partial charge in [0.05, 0.1) is 13.2 Å². The van der Waals surface area contributed by atoms with E-state index in [1.54, 1.807) is 30.8 Å². The first kappa shape index (κ1) is 27.0. The Morgan fingerprint density at radius 2 is 2.03 bits per heavy atom. The maximum absolute atomic E-state index is 11.8. The van der Waals surface area contributed by atoms with Crippen LogP contribution in [0.1, 0.15) is 12.8 Å². The largest absolute Gasteiger partial charge is 0.381 e. The van der Waals surface area contributed by atoms with Gasteiger partial charge in [0.1, 0.15) is 6.54 Å². The lowest BCUT2D eigenvalue weighted by Crippen LogP contribution is -2.40. The van der Waals surface area contributed by atoms with Crippen molar-refractivity contribution in [3.8, 4) is 0 Å². The van der Waals surface area contributed by atoms with E-state index in [1.165, 1.54) is 4.90 Å². The standard InChI is InChI=1S/C21H34N4O3S.HI/c1-25(2)20(26)15-24-21(23-11-14-29-19-7-4-3-5-8-19)22-10-6-12-27-16-18-9-13-28-17-18;/h3-5,7-8,18H,6,9-17H2,1-2H3,(H2,22,23,24);1H. The predicted molar refractivity (Wildman–Crippen MR) is 134 cm³/mol. The summed E-state index contributed by atoms with van der Waals surface area (Å²) in [6.07, 6.45) is 1.98. The Morgan fingerprint density at radius 3 is 2.73 bits per heavy atom. The second kappa shape index (κ2) is 16.6. The Bertz CT molecular complexity index is 614. The van der Waals surface area contributed by atoms with Gasteiger partial charge in [0.15, 0.2) is 5.96 Å². The molecule has 0 saturated carbocycles. The number of hydrogen-bond donors (Lipinski definition) is 2. The molecule has 1 fully saturated rings. The van der Waals surface area contributed by atoms with Crippen LogP contribution >= 0.6 is 35.7 Å². The summed E-state index contributed by atoms with van der Waals surface area (Å²) >= 11 is 1.79. The number of nitrogens with one attached hydrogen (secondary N) is 2. The van der Waals surface area contributed by atoms with Gasteiger partial charge >= 0.3 is 0 Å². The molecule has 1 atom stereocenters. The first-order chi connectivity index (χ1) is 14.1. The average molecular weight is 551 g/mol. The number of likely N-dealkylation sites (N-methyl/N-ethyl adjacent to an activating group) is 1. The van der Waals surface area contributed by atoms with Crippen molar-refractivity contribution in [3.63, 3.8) is 0 Å². The summed E-state index contributed by atoms with van der Waals surface area (Å²) in [6.45, 7) is 4.79. The second-order valence-corrected chi connectivity index (χ2v) is 8.29. The van der Waals surface area contributed by atoms with Crippen molar-refractivity contribution in [1.82, 2.24) is 15.5 Å². The molecule has 0 aliphatic carbocycles. The highest BCUT2D eigenvalue weighted by Gasteiger charge is 2.15. The minimum Gasteiger partial charge on any atom is -0.381 e. The van der Waals surface area contributed by atoms with E-state index in [2.05, 4.69) is 27.8 Å². The lowest BCUT2D eigenvalue weighted by molar-refractivity contribution is -0.127. The van der Waals surface area contributed by atoms with E-state index in [4.69, 9.17) is 9.47 Å². The molecule has 170 valence electrons. The zero-order valence-electron chi connectivity index (χ0n) is 18.0. The van der Waals surface area contributed by atoms with Crippen LogP contribution in [0.25, 0.3) is 0 Å². The lowest BCUT2D eigenvalue weighted by atomic mass is 10.1. The quantitative estimate of drug-likeness (QED) is 0.137. The molecule has 1 amide bonds. The van der Waals surface area contributed by atoms with Gasteiger partial charge in [-0.3, -0.25) is 4.79 Å². The van der Waals surface area contributed by atoms with Crippen LogP contribution in [0.4, 0.5) is 0 Å². The number of nitrogens with zero attached hydrogens (tertiary/aromatic N) is 2. The van der Waals surface area contributed by atoms with Crippen LogP contribution in [0.15, 0.2) is 40.2 Å². The van der Waals surface area contributed by atoms with Gasteiger partial charge in [0.2, 0.25) is 5.91 Å². The Balaban J connectivity index is 0.00000450. The SMILES string of the molecule is CN(C)C(=O)CN=C(NCCCOCC1CCOC1)NCCSc1ccccc1.I. The zero-order chi connectivity index (χ0) is 20.7. The van der Waals surface area contributed by atoms with Crippen molar-refractivity contribution in [2.45, 2.75) is 17.7 Å². The number of rotatable bonds is 12. The van der Waals surface area contributed by atoms with E-state index in [1.807, 2.05) is 18.2 Å². The molecule has 0 bridgehead atoms. The van der Waals surface area contributed by atoms with Crippen molar-refractivity contribution in [2.24, 2.45) is 10.9 Å². The number of carbonyl (C=O) groups is 1. The van der Waals surface area contributed by atoms with Gasteiger partial charge in [0.25, 0.3) is 0 Å². The molecular formula is C21H35IN4O3S. The van der Waals surface area contributed by atoms with E-state index in [-0.39, 0.29) is 36.4 Å². The molecule has 1 heterocycles. The van der Waals surface area contributed by atoms with Crippen LogP contribution in [0, 0.1) is 5.92 Å². The molecular weight excluding hydrogens is 515 g/mol. The molecule has 1 saturated heterocycles. The van der Waals surface area contributed by atoms with Gasteiger partial charge in [-0.2, -0.15) is 0 Å². The molecule has 2 N–H and O–H groups in total. The van der Waals surface area contributed by atoms with Gasteiger partial charge in [-0.05, 0) is 25.0 Å². The fourth-order valence-electron chi connectivity index (χ4n) is 2.66. The minimum atomic E-state index is -0.0214.